The molecule has 0 atom stereocenters. The summed E-state index contributed by atoms with van der Waals surface area (Å²) in [4.78, 5) is 4.54. The van der Waals surface area contributed by atoms with Crippen molar-refractivity contribution in [1.29, 1.82) is 5.26 Å². The molecule has 5 heteroatoms. The second-order valence-corrected chi connectivity index (χ2v) is 5.50. The van der Waals surface area contributed by atoms with Gasteiger partial charge in [0.25, 0.3) is 0 Å². The Morgan fingerprint density at radius 1 is 1.37 bits per heavy atom. The van der Waals surface area contributed by atoms with Crippen molar-refractivity contribution in [2.24, 2.45) is 0 Å². The van der Waals surface area contributed by atoms with E-state index in [2.05, 4.69) is 16.2 Å². The number of halogens is 1. The fraction of sp³-hybridized carbons (Fsp3) is 0.500. The Labute approximate surface area is 117 Å². The Bertz CT molecular complexity index is 662. The Morgan fingerprint density at radius 3 is 2.79 bits per heavy atom. The van der Waals surface area contributed by atoms with Crippen LogP contribution in [0, 0.1) is 18.3 Å². The minimum absolute atomic E-state index is 0.472. The molecule has 4 nitrogen and oxygen atoms in total. The predicted molar refractivity (Wildman–Crippen MR) is 73.3 cm³/mol. The van der Waals surface area contributed by atoms with Crippen molar-refractivity contribution in [3.8, 4) is 6.07 Å². The first-order valence-corrected chi connectivity index (χ1v) is 7.04. The molecular formula is C14H15ClN4. The first-order valence-electron chi connectivity index (χ1n) is 6.66. The van der Waals surface area contributed by atoms with E-state index in [0.717, 1.165) is 11.3 Å². The zero-order valence-corrected chi connectivity index (χ0v) is 11.6. The number of aryl methyl sites for hydroxylation is 1. The van der Waals surface area contributed by atoms with Crippen molar-refractivity contribution in [3.05, 3.63) is 28.2 Å². The summed E-state index contributed by atoms with van der Waals surface area (Å²) in [6.45, 7) is 1.98. The average Bonchev–Trinajstić information content (AvgIpc) is 2.83. The highest BCUT2D eigenvalue weighted by atomic mass is 35.5. The molecule has 2 heterocycles. The van der Waals surface area contributed by atoms with Crippen molar-refractivity contribution >= 4 is 17.2 Å². The number of fused-ring (bicyclic) bond motifs is 1. The standard InChI is InChI=1S/C14H15ClN4/c1-9-12(10-5-3-2-4-6-10)13(15)19-14(18-9)11(7-16)8-17-19/h8,10H,2-6H2,1H3. The van der Waals surface area contributed by atoms with Gasteiger partial charge in [-0.25, -0.2) is 9.50 Å². The van der Waals surface area contributed by atoms with Gasteiger partial charge in [-0.05, 0) is 25.7 Å². The third-order valence-corrected chi connectivity index (χ3v) is 4.31. The van der Waals surface area contributed by atoms with E-state index in [0.29, 0.717) is 22.3 Å². The van der Waals surface area contributed by atoms with Gasteiger partial charge < -0.3 is 0 Å². The molecule has 1 saturated carbocycles. The van der Waals surface area contributed by atoms with Crippen LogP contribution in [0.2, 0.25) is 5.15 Å². The van der Waals surface area contributed by atoms with Gasteiger partial charge in [0.1, 0.15) is 16.8 Å². The quantitative estimate of drug-likeness (QED) is 0.747. The summed E-state index contributed by atoms with van der Waals surface area (Å²) in [6, 6.07) is 2.10. The first kappa shape index (κ1) is 12.4. The van der Waals surface area contributed by atoms with E-state index in [1.165, 1.54) is 38.3 Å². The highest BCUT2D eigenvalue weighted by Crippen LogP contribution is 2.37. The average molecular weight is 275 g/mol. The molecule has 98 valence electrons. The van der Waals surface area contributed by atoms with Crippen molar-refractivity contribution in [3.63, 3.8) is 0 Å². The first-order chi connectivity index (χ1) is 9.22. The lowest BCUT2D eigenvalue weighted by molar-refractivity contribution is 0.440. The molecule has 1 aliphatic rings. The maximum atomic E-state index is 9.04. The molecule has 0 spiro atoms. The van der Waals surface area contributed by atoms with Crippen LogP contribution in [0.25, 0.3) is 5.65 Å². The number of hydrogen-bond acceptors (Lipinski definition) is 3. The molecule has 0 radical (unpaired) electrons. The summed E-state index contributed by atoms with van der Waals surface area (Å²) in [5, 5.41) is 13.8. The monoisotopic (exact) mass is 274 g/mol. The molecule has 0 saturated heterocycles. The molecule has 0 unspecified atom stereocenters. The minimum atomic E-state index is 0.472. The van der Waals surface area contributed by atoms with Gasteiger partial charge in [0.15, 0.2) is 5.65 Å². The summed E-state index contributed by atoms with van der Waals surface area (Å²) in [5.41, 5.74) is 3.08. The Kier molecular flexibility index (Phi) is 3.16. The van der Waals surface area contributed by atoms with Crippen LogP contribution < -0.4 is 0 Å². The molecule has 1 aliphatic carbocycles. The zero-order chi connectivity index (χ0) is 13.4. The maximum Gasteiger partial charge on any atom is 0.174 e. The topological polar surface area (TPSA) is 54.0 Å². The lowest BCUT2D eigenvalue weighted by Crippen LogP contribution is -2.11. The minimum Gasteiger partial charge on any atom is -0.232 e. The smallest absolute Gasteiger partial charge is 0.174 e. The Balaban J connectivity index is 2.17. The summed E-state index contributed by atoms with van der Waals surface area (Å²) >= 11 is 6.50. The van der Waals surface area contributed by atoms with Crippen LogP contribution in [-0.4, -0.2) is 14.6 Å². The molecule has 0 aromatic carbocycles. The Morgan fingerprint density at radius 2 is 2.11 bits per heavy atom. The third kappa shape index (κ3) is 1.98. The van der Waals surface area contributed by atoms with Gasteiger partial charge >= 0.3 is 0 Å². The van der Waals surface area contributed by atoms with Gasteiger partial charge in [-0.3, -0.25) is 0 Å². The number of nitriles is 1. The van der Waals surface area contributed by atoms with E-state index < -0.39 is 0 Å². The summed E-state index contributed by atoms with van der Waals surface area (Å²) in [6.07, 6.45) is 7.67. The van der Waals surface area contributed by atoms with Gasteiger partial charge in [0, 0.05) is 11.3 Å². The van der Waals surface area contributed by atoms with E-state index in [9.17, 15) is 0 Å². The van der Waals surface area contributed by atoms with Gasteiger partial charge in [0.05, 0.1) is 6.20 Å². The van der Waals surface area contributed by atoms with Crippen LogP contribution in [0.4, 0.5) is 0 Å². The molecule has 0 bridgehead atoms. The lowest BCUT2D eigenvalue weighted by atomic mass is 9.84. The third-order valence-electron chi connectivity index (χ3n) is 3.95. The van der Waals surface area contributed by atoms with E-state index in [4.69, 9.17) is 16.9 Å². The SMILES string of the molecule is Cc1nc2c(C#N)cnn2c(Cl)c1C1CCCCC1. The highest BCUT2D eigenvalue weighted by molar-refractivity contribution is 6.30. The molecule has 2 aromatic rings. The second kappa shape index (κ2) is 4.82. The number of rotatable bonds is 1. The van der Waals surface area contributed by atoms with Gasteiger partial charge in [-0.1, -0.05) is 30.9 Å². The summed E-state index contributed by atoms with van der Waals surface area (Å²) in [7, 11) is 0. The molecule has 19 heavy (non-hydrogen) atoms. The van der Waals surface area contributed by atoms with Crippen molar-refractivity contribution in [2.45, 2.75) is 44.9 Å². The summed E-state index contributed by atoms with van der Waals surface area (Å²) < 4.78 is 1.59. The van der Waals surface area contributed by atoms with Gasteiger partial charge in [-0.15, -0.1) is 0 Å². The van der Waals surface area contributed by atoms with Crippen LogP contribution in [-0.2, 0) is 0 Å². The number of aromatic nitrogens is 3. The van der Waals surface area contributed by atoms with Gasteiger partial charge in [-0.2, -0.15) is 10.4 Å². The van der Waals surface area contributed by atoms with Crippen LogP contribution in [0.5, 0.6) is 0 Å². The van der Waals surface area contributed by atoms with E-state index in [1.807, 2.05) is 6.92 Å². The molecule has 2 aromatic heterocycles. The fourth-order valence-electron chi connectivity index (χ4n) is 3.01. The van der Waals surface area contributed by atoms with Crippen LogP contribution in [0.15, 0.2) is 6.20 Å². The van der Waals surface area contributed by atoms with E-state index in [-0.39, 0.29) is 0 Å². The largest absolute Gasteiger partial charge is 0.232 e. The number of hydrogen-bond donors (Lipinski definition) is 0. The molecule has 3 rings (SSSR count). The highest BCUT2D eigenvalue weighted by Gasteiger charge is 2.23. The Hall–Kier alpha value is -1.60. The molecule has 0 amide bonds. The predicted octanol–water partition coefficient (Wildman–Crippen LogP) is 3.61. The zero-order valence-electron chi connectivity index (χ0n) is 10.9. The van der Waals surface area contributed by atoms with E-state index in [1.54, 1.807) is 4.52 Å². The summed E-state index contributed by atoms with van der Waals surface area (Å²) in [5.74, 6) is 0.480. The molecule has 0 aliphatic heterocycles. The van der Waals surface area contributed by atoms with Crippen molar-refractivity contribution in [1.82, 2.24) is 14.6 Å². The maximum absolute atomic E-state index is 9.04. The van der Waals surface area contributed by atoms with Crippen molar-refractivity contribution < 1.29 is 0 Å². The lowest BCUT2D eigenvalue weighted by Gasteiger charge is -2.24. The van der Waals surface area contributed by atoms with Crippen LogP contribution >= 0.6 is 11.6 Å². The normalized spacial score (nSPS) is 16.7. The molecule has 0 N–H and O–H groups in total. The molecule has 1 fully saturated rings. The second-order valence-electron chi connectivity index (χ2n) is 5.14. The van der Waals surface area contributed by atoms with E-state index >= 15 is 0 Å². The molecular weight excluding hydrogens is 260 g/mol. The fourth-order valence-corrected chi connectivity index (χ4v) is 3.42. The van der Waals surface area contributed by atoms with Crippen molar-refractivity contribution in [2.75, 3.05) is 0 Å². The number of nitrogens with zero attached hydrogens (tertiary/aromatic N) is 4. The van der Waals surface area contributed by atoms with Crippen LogP contribution in [0.1, 0.15) is 54.8 Å². The van der Waals surface area contributed by atoms with Gasteiger partial charge in [0.2, 0.25) is 0 Å². The van der Waals surface area contributed by atoms with Crippen LogP contribution in [0.3, 0.4) is 0 Å².